The van der Waals surface area contributed by atoms with Gasteiger partial charge in [0.25, 0.3) is 0 Å². The van der Waals surface area contributed by atoms with Crippen LogP contribution in [0.1, 0.15) is 24.3 Å². The molecule has 0 fully saturated rings. The topological polar surface area (TPSA) is 85.8 Å². The Balaban J connectivity index is 1.21. The van der Waals surface area contributed by atoms with E-state index in [1.165, 1.54) is 12.1 Å². The summed E-state index contributed by atoms with van der Waals surface area (Å²) in [6.07, 6.45) is 4.96. The summed E-state index contributed by atoms with van der Waals surface area (Å²) in [5, 5.41) is 11.7. The quantitative estimate of drug-likeness (QED) is 0.441. The van der Waals surface area contributed by atoms with Gasteiger partial charge in [-0.1, -0.05) is 16.8 Å². The summed E-state index contributed by atoms with van der Waals surface area (Å²) in [5.74, 6) is 0.446. The van der Waals surface area contributed by atoms with E-state index in [1.54, 1.807) is 35.1 Å². The number of carbonyl (C=O) groups excluding carboxylic acids is 1. The van der Waals surface area contributed by atoms with Crippen molar-refractivity contribution in [3.63, 3.8) is 0 Å². The molecule has 0 spiro atoms. The monoisotopic (exact) mass is 439 g/mol. The molecule has 0 aliphatic carbocycles. The molecule has 158 valence electrons. The van der Waals surface area contributed by atoms with Gasteiger partial charge in [-0.15, -0.1) is 0 Å². The van der Waals surface area contributed by atoms with E-state index in [2.05, 4.69) is 20.6 Å². The van der Waals surface area contributed by atoms with Crippen molar-refractivity contribution in [2.24, 2.45) is 0 Å². The van der Waals surface area contributed by atoms with Gasteiger partial charge in [-0.05, 0) is 55.0 Å². The van der Waals surface area contributed by atoms with Gasteiger partial charge in [-0.3, -0.25) is 4.79 Å². The molecule has 9 heteroatoms. The van der Waals surface area contributed by atoms with Crippen LogP contribution in [0.5, 0.6) is 0 Å². The number of nitrogens with one attached hydrogen (secondary N) is 1. The van der Waals surface area contributed by atoms with Crippen molar-refractivity contribution in [2.45, 2.75) is 25.8 Å². The number of aromatic nitrogens is 4. The zero-order valence-electron chi connectivity index (χ0n) is 16.5. The van der Waals surface area contributed by atoms with E-state index in [4.69, 9.17) is 16.1 Å². The largest absolute Gasteiger partial charge is 0.352 e. The lowest BCUT2D eigenvalue weighted by Crippen LogP contribution is -2.22. The van der Waals surface area contributed by atoms with Crippen LogP contribution in [0, 0.1) is 5.82 Å². The predicted octanol–water partition coefficient (Wildman–Crippen LogP) is 4.35. The Kier molecular flexibility index (Phi) is 6.37. The van der Waals surface area contributed by atoms with Crippen molar-refractivity contribution in [1.29, 1.82) is 0 Å². The maximum atomic E-state index is 13.0. The van der Waals surface area contributed by atoms with E-state index < -0.39 is 0 Å². The molecule has 2 heterocycles. The van der Waals surface area contributed by atoms with Crippen LogP contribution in [-0.4, -0.2) is 25.8 Å². The van der Waals surface area contributed by atoms with Crippen LogP contribution in [0.2, 0.25) is 5.02 Å². The first-order valence-corrected chi connectivity index (χ1v) is 10.1. The number of hydrogen-bond donors (Lipinski definition) is 1. The smallest absolute Gasteiger partial charge is 0.226 e. The fraction of sp³-hybridized carbons (Fsp3) is 0.182. The van der Waals surface area contributed by atoms with E-state index >= 15 is 0 Å². The third kappa shape index (κ3) is 5.55. The number of amides is 1. The third-order valence-electron chi connectivity index (χ3n) is 4.58. The van der Waals surface area contributed by atoms with Crippen molar-refractivity contribution in [2.75, 3.05) is 0 Å². The number of benzene rings is 2. The highest BCUT2D eigenvalue weighted by molar-refractivity contribution is 6.30. The lowest BCUT2D eigenvalue weighted by atomic mass is 10.2. The molecule has 0 atom stereocenters. The molecule has 1 N–H and O–H groups in total. The molecule has 0 radical (unpaired) electrons. The van der Waals surface area contributed by atoms with Crippen molar-refractivity contribution in [3.05, 3.63) is 83.2 Å². The number of nitrogens with zero attached hydrogens (tertiary/aromatic N) is 4. The molecule has 1 amide bonds. The number of hydrogen-bond acceptors (Lipinski definition) is 5. The Morgan fingerprint density at radius 1 is 1.13 bits per heavy atom. The normalized spacial score (nSPS) is 10.9. The van der Waals surface area contributed by atoms with E-state index in [9.17, 15) is 9.18 Å². The SMILES string of the molecule is O=C(CCCc1nc(-c2ccc(F)cc2)no1)NCc1cnn(-c2ccc(Cl)cc2)c1. The number of halogens is 2. The summed E-state index contributed by atoms with van der Waals surface area (Å²) in [6, 6.07) is 13.2. The van der Waals surface area contributed by atoms with Crippen LogP contribution in [0.4, 0.5) is 4.39 Å². The average Bonchev–Trinajstić information content (AvgIpc) is 3.43. The molecule has 2 aromatic carbocycles. The molecule has 0 saturated carbocycles. The maximum absolute atomic E-state index is 13.0. The minimum atomic E-state index is -0.323. The highest BCUT2D eigenvalue weighted by Gasteiger charge is 2.10. The van der Waals surface area contributed by atoms with Gasteiger partial charge in [0.1, 0.15) is 5.82 Å². The molecule has 0 aliphatic rings. The summed E-state index contributed by atoms with van der Waals surface area (Å²) >= 11 is 5.90. The molecule has 7 nitrogen and oxygen atoms in total. The maximum Gasteiger partial charge on any atom is 0.226 e. The predicted molar refractivity (Wildman–Crippen MR) is 113 cm³/mol. The van der Waals surface area contributed by atoms with E-state index in [0.29, 0.717) is 48.1 Å². The second-order valence-corrected chi connectivity index (χ2v) is 7.35. The second-order valence-electron chi connectivity index (χ2n) is 6.92. The molecular formula is C22H19ClFN5O2. The molecule has 2 aromatic heterocycles. The average molecular weight is 440 g/mol. The van der Waals surface area contributed by atoms with Gasteiger partial charge in [0.15, 0.2) is 0 Å². The Bertz CT molecular complexity index is 1160. The first-order valence-electron chi connectivity index (χ1n) is 9.71. The second kappa shape index (κ2) is 9.53. The van der Waals surface area contributed by atoms with E-state index in [1.807, 2.05) is 18.3 Å². The number of aryl methyl sites for hydroxylation is 1. The zero-order chi connectivity index (χ0) is 21.6. The van der Waals surface area contributed by atoms with Gasteiger partial charge in [-0.25, -0.2) is 9.07 Å². The third-order valence-corrected chi connectivity index (χ3v) is 4.83. The van der Waals surface area contributed by atoms with Crippen molar-refractivity contribution in [1.82, 2.24) is 25.2 Å². The van der Waals surface area contributed by atoms with Gasteiger partial charge in [0.2, 0.25) is 17.6 Å². The van der Waals surface area contributed by atoms with Crippen molar-refractivity contribution < 1.29 is 13.7 Å². The van der Waals surface area contributed by atoms with E-state index in [-0.39, 0.29) is 11.7 Å². The Labute approximate surface area is 182 Å². The van der Waals surface area contributed by atoms with Crippen LogP contribution in [0.25, 0.3) is 17.1 Å². The molecule has 31 heavy (non-hydrogen) atoms. The first-order chi connectivity index (χ1) is 15.1. The van der Waals surface area contributed by atoms with E-state index in [0.717, 1.165) is 11.3 Å². The number of carbonyl (C=O) groups is 1. The fourth-order valence-electron chi connectivity index (χ4n) is 2.95. The summed E-state index contributed by atoms with van der Waals surface area (Å²) in [7, 11) is 0. The zero-order valence-corrected chi connectivity index (χ0v) is 17.2. The molecule has 0 aliphatic heterocycles. The molecule has 0 bridgehead atoms. The van der Waals surface area contributed by atoms with Gasteiger partial charge in [0, 0.05) is 41.7 Å². The van der Waals surface area contributed by atoms with Crippen LogP contribution >= 0.6 is 11.6 Å². The molecule has 0 saturated heterocycles. The lowest BCUT2D eigenvalue weighted by molar-refractivity contribution is -0.121. The van der Waals surface area contributed by atoms with Crippen LogP contribution in [0.15, 0.2) is 65.4 Å². The lowest BCUT2D eigenvalue weighted by Gasteiger charge is -2.03. The molecule has 4 rings (SSSR count). The summed E-state index contributed by atoms with van der Waals surface area (Å²) in [6.45, 7) is 0.391. The van der Waals surface area contributed by atoms with Gasteiger partial charge < -0.3 is 9.84 Å². The minimum absolute atomic E-state index is 0.0717. The Hall–Kier alpha value is -3.52. The van der Waals surface area contributed by atoms with Gasteiger partial charge in [0.05, 0.1) is 11.9 Å². The van der Waals surface area contributed by atoms with Crippen LogP contribution in [0.3, 0.4) is 0 Å². The highest BCUT2D eigenvalue weighted by Crippen LogP contribution is 2.17. The Morgan fingerprint density at radius 2 is 1.90 bits per heavy atom. The highest BCUT2D eigenvalue weighted by atomic mass is 35.5. The minimum Gasteiger partial charge on any atom is -0.352 e. The summed E-state index contributed by atoms with van der Waals surface area (Å²) in [4.78, 5) is 16.4. The van der Waals surface area contributed by atoms with Crippen molar-refractivity contribution >= 4 is 17.5 Å². The Morgan fingerprint density at radius 3 is 2.68 bits per heavy atom. The summed E-state index contributed by atoms with van der Waals surface area (Å²) < 4.78 is 19.9. The fourth-order valence-corrected chi connectivity index (χ4v) is 3.07. The van der Waals surface area contributed by atoms with Crippen LogP contribution < -0.4 is 5.32 Å². The van der Waals surface area contributed by atoms with Gasteiger partial charge in [-0.2, -0.15) is 10.1 Å². The number of rotatable bonds is 8. The summed E-state index contributed by atoms with van der Waals surface area (Å²) in [5.41, 5.74) is 2.46. The molecular weight excluding hydrogens is 421 g/mol. The first kappa shape index (κ1) is 20.7. The standard InChI is InChI=1S/C22H19ClFN5O2/c23-17-6-10-19(11-7-17)29-14-15(13-26-29)12-25-20(30)2-1-3-21-27-22(28-31-21)16-4-8-18(24)9-5-16/h4-11,13-14H,1-3,12H2,(H,25,30). The van der Waals surface area contributed by atoms with Gasteiger partial charge >= 0.3 is 0 Å². The van der Waals surface area contributed by atoms with Crippen molar-refractivity contribution in [3.8, 4) is 17.1 Å². The molecule has 0 unspecified atom stereocenters. The molecule has 4 aromatic rings. The van der Waals surface area contributed by atoms with Crippen LogP contribution in [-0.2, 0) is 17.8 Å².